The lowest BCUT2D eigenvalue weighted by Crippen LogP contribution is -2.52. The van der Waals surface area contributed by atoms with E-state index in [-0.39, 0.29) is 0 Å². The number of carbonyl (C=O) groups excluding carboxylic acids is 1. The Balaban J connectivity index is 1.60. The second kappa shape index (κ2) is 4.99. The van der Waals surface area contributed by atoms with E-state index in [0.29, 0.717) is 23.8 Å². The van der Waals surface area contributed by atoms with E-state index in [1.54, 1.807) is 0 Å². The van der Waals surface area contributed by atoms with Crippen LogP contribution in [0.1, 0.15) is 57.3 Å². The largest absolute Gasteiger partial charge is 0.338 e. The molecule has 1 aromatic heterocycles. The summed E-state index contributed by atoms with van der Waals surface area (Å²) >= 11 is 0. The average molecular weight is 261 g/mol. The van der Waals surface area contributed by atoms with E-state index < -0.39 is 0 Å². The molecule has 0 spiro atoms. The van der Waals surface area contributed by atoms with Crippen LogP contribution >= 0.6 is 0 Å². The zero-order valence-corrected chi connectivity index (χ0v) is 11.9. The van der Waals surface area contributed by atoms with Crippen molar-refractivity contribution in [3.63, 3.8) is 0 Å². The lowest BCUT2D eigenvalue weighted by molar-refractivity contribution is -0.141. The third kappa shape index (κ3) is 2.28. The first-order chi connectivity index (χ1) is 9.16. The molecular weight excluding hydrogens is 238 g/mol. The normalized spacial score (nSPS) is 21.1. The van der Waals surface area contributed by atoms with Gasteiger partial charge in [-0.1, -0.05) is 26.7 Å². The Morgan fingerprint density at radius 2 is 2.00 bits per heavy atom. The van der Waals surface area contributed by atoms with Gasteiger partial charge >= 0.3 is 0 Å². The summed E-state index contributed by atoms with van der Waals surface area (Å²) in [5.74, 6) is 2.28. The molecule has 1 aliphatic carbocycles. The Morgan fingerprint density at radius 3 is 2.63 bits per heavy atom. The molecule has 2 heterocycles. The van der Waals surface area contributed by atoms with Crippen LogP contribution in [0.15, 0.2) is 12.4 Å². The van der Waals surface area contributed by atoms with Gasteiger partial charge in [0, 0.05) is 37.3 Å². The van der Waals surface area contributed by atoms with Crippen LogP contribution < -0.4 is 0 Å². The fourth-order valence-electron chi connectivity index (χ4n) is 3.32. The van der Waals surface area contributed by atoms with E-state index in [4.69, 9.17) is 0 Å². The highest BCUT2D eigenvalue weighted by Gasteiger charge is 2.36. The number of amides is 1. The van der Waals surface area contributed by atoms with Crippen LogP contribution in [0, 0.1) is 5.92 Å². The molecule has 0 bridgehead atoms. The van der Waals surface area contributed by atoms with E-state index in [9.17, 15) is 4.79 Å². The third-order valence-electron chi connectivity index (χ3n) is 4.49. The zero-order chi connectivity index (χ0) is 13.4. The molecule has 104 valence electrons. The van der Waals surface area contributed by atoms with Gasteiger partial charge in [0.25, 0.3) is 0 Å². The molecule has 1 saturated heterocycles. The number of carbonyl (C=O) groups is 1. The molecule has 0 radical (unpaired) electrons. The minimum atomic E-state index is 0.313. The quantitative estimate of drug-likeness (QED) is 0.838. The number of hydrogen-bond acceptors (Lipinski definition) is 2. The van der Waals surface area contributed by atoms with Gasteiger partial charge in [0.2, 0.25) is 5.91 Å². The Hall–Kier alpha value is -1.32. The summed E-state index contributed by atoms with van der Waals surface area (Å²) in [6.07, 6.45) is 8.58. The minimum absolute atomic E-state index is 0.313. The monoisotopic (exact) mass is 261 g/mol. The molecule has 4 nitrogen and oxygen atoms in total. The molecule has 2 aliphatic rings. The van der Waals surface area contributed by atoms with Gasteiger partial charge < -0.3 is 9.47 Å². The minimum Gasteiger partial charge on any atom is -0.338 e. The highest BCUT2D eigenvalue weighted by Crippen LogP contribution is 2.31. The van der Waals surface area contributed by atoms with Gasteiger partial charge in [-0.25, -0.2) is 4.98 Å². The van der Waals surface area contributed by atoms with Crippen molar-refractivity contribution < 1.29 is 4.79 Å². The van der Waals surface area contributed by atoms with Crippen molar-refractivity contribution in [3.8, 4) is 0 Å². The lowest BCUT2D eigenvalue weighted by Gasteiger charge is -2.42. The predicted molar refractivity (Wildman–Crippen MR) is 73.9 cm³/mol. The van der Waals surface area contributed by atoms with Crippen LogP contribution in [0.4, 0.5) is 0 Å². The van der Waals surface area contributed by atoms with Gasteiger partial charge in [0.15, 0.2) is 0 Å². The van der Waals surface area contributed by atoms with Crippen molar-refractivity contribution in [2.75, 3.05) is 13.1 Å². The zero-order valence-electron chi connectivity index (χ0n) is 11.9. The highest BCUT2D eigenvalue weighted by molar-refractivity contribution is 5.79. The van der Waals surface area contributed by atoms with E-state index in [0.717, 1.165) is 31.8 Å². The first kappa shape index (κ1) is 12.7. The second-order valence-electron chi connectivity index (χ2n) is 6.23. The number of likely N-dealkylation sites (tertiary alicyclic amines) is 1. The van der Waals surface area contributed by atoms with E-state index in [2.05, 4.69) is 29.6 Å². The summed E-state index contributed by atoms with van der Waals surface area (Å²) in [6, 6.07) is 0.435. The van der Waals surface area contributed by atoms with Gasteiger partial charge in [-0.05, 0) is 12.8 Å². The Bertz CT molecular complexity index is 454. The summed E-state index contributed by atoms with van der Waals surface area (Å²) in [5.41, 5.74) is 0. The molecule has 0 unspecified atom stereocenters. The van der Waals surface area contributed by atoms with E-state index in [1.165, 1.54) is 12.8 Å². The summed E-state index contributed by atoms with van der Waals surface area (Å²) in [7, 11) is 0. The summed E-state index contributed by atoms with van der Waals surface area (Å²) in [4.78, 5) is 18.7. The fourth-order valence-corrected chi connectivity index (χ4v) is 3.32. The van der Waals surface area contributed by atoms with Gasteiger partial charge in [-0.15, -0.1) is 0 Å². The maximum atomic E-state index is 12.3. The number of imidazole rings is 1. The average Bonchev–Trinajstić information content (AvgIpc) is 2.97. The van der Waals surface area contributed by atoms with Gasteiger partial charge in [0.05, 0.1) is 6.04 Å². The maximum Gasteiger partial charge on any atom is 0.225 e. The number of rotatable bonds is 3. The van der Waals surface area contributed by atoms with Crippen LogP contribution in [0.25, 0.3) is 0 Å². The van der Waals surface area contributed by atoms with Crippen molar-refractivity contribution in [2.45, 2.75) is 51.5 Å². The van der Waals surface area contributed by atoms with Crippen LogP contribution in [0.5, 0.6) is 0 Å². The Kier molecular flexibility index (Phi) is 3.33. The van der Waals surface area contributed by atoms with Crippen LogP contribution in [-0.2, 0) is 4.79 Å². The molecule has 3 rings (SSSR count). The Morgan fingerprint density at radius 1 is 1.32 bits per heavy atom. The molecule has 0 atom stereocenters. The molecule has 0 N–H and O–H groups in total. The smallest absolute Gasteiger partial charge is 0.225 e. The third-order valence-corrected chi connectivity index (χ3v) is 4.49. The van der Waals surface area contributed by atoms with Crippen molar-refractivity contribution >= 4 is 5.91 Å². The molecule has 4 heteroatoms. The van der Waals surface area contributed by atoms with Crippen LogP contribution in [0.2, 0.25) is 0 Å². The predicted octanol–water partition coefficient (Wildman–Crippen LogP) is 2.58. The van der Waals surface area contributed by atoms with Crippen molar-refractivity contribution in [2.24, 2.45) is 5.92 Å². The van der Waals surface area contributed by atoms with E-state index >= 15 is 0 Å². The second-order valence-corrected chi connectivity index (χ2v) is 6.23. The van der Waals surface area contributed by atoms with Crippen molar-refractivity contribution in [1.82, 2.24) is 14.5 Å². The maximum absolute atomic E-state index is 12.3. The molecule has 19 heavy (non-hydrogen) atoms. The first-order valence-corrected chi connectivity index (χ1v) is 7.48. The standard InChI is InChI=1S/C15H23N3O/c1-11(2)14-16-7-8-18(14)13-9-17(10-13)15(19)12-5-3-4-6-12/h7-8,11-13H,3-6,9-10H2,1-2H3. The van der Waals surface area contributed by atoms with E-state index in [1.807, 2.05) is 11.1 Å². The number of hydrogen-bond donors (Lipinski definition) is 0. The molecule has 0 aromatic carbocycles. The van der Waals surface area contributed by atoms with Gasteiger partial charge in [-0.3, -0.25) is 4.79 Å². The fraction of sp³-hybridized carbons (Fsp3) is 0.733. The highest BCUT2D eigenvalue weighted by atomic mass is 16.2. The van der Waals surface area contributed by atoms with Crippen molar-refractivity contribution in [3.05, 3.63) is 18.2 Å². The molecule has 1 saturated carbocycles. The Labute approximate surface area is 114 Å². The molecule has 1 aromatic rings. The molecule has 1 amide bonds. The first-order valence-electron chi connectivity index (χ1n) is 7.48. The van der Waals surface area contributed by atoms with Gasteiger partial charge in [-0.2, -0.15) is 0 Å². The molecule has 2 fully saturated rings. The van der Waals surface area contributed by atoms with Crippen molar-refractivity contribution in [1.29, 1.82) is 0 Å². The van der Waals surface area contributed by atoms with Gasteiger partial charge in [0.1, 0.15) is 5.82 Å². The topological polar surface area (TPSA) is 38.1 Å². The van der Waals surface area contributed by atoms with Crippen LogP contribution in [-0.4, -0.2) is 33.4 Å². The summed E-state index contributed by atoms with van der Waals surface area (Å²) in [5, 5.41) is 0. The molecule has 1 aliphatic heterocycles. The summed E-state index contributed by atoms with van der Waals surface area (Å²) < 4.78 is 2.25. The SMILES string of the molecule is CC(C)c1nccn1C1CN(C(=O)C2CCCC2)C1. The summed E-state index contributed by atoms with van der Waals surface area (Å²) in [6.45, 7) is 6.06. The van der Waals surface area contributed by atoms with Crippen LogP contribution in [0.3, 0.4) is 0 Å². The molecular formula is C15H23N3O. The lowest BCUT2D eigenvalue weighted by atomic mass is 10.0. The number of nitrogens with zero attached hydrogens (tertiary/aromatic N) is 3. The number of aromatic nitrogens is 2.